The normalized spacial score (nSPS) is 42.8. The molecule has 16 heavy (non-hydrogen) atoms. The van der Waals surface area contributed by atoms with E-state index < -0.39 is 0 Å². The maximum atomic E-state index is 11.6. The number of carbonyl (C=O) groups is 1. The Kier molecular flexibility index (Phi) is 2.06. The van der Waals surface area contributed by atoms with Crippen molar-refractivity contribution in [1.82, 2.24) is 5.43 Å². The van der Waals surface area contributed by atoms with Crippen LogP contribution >= 0.6 is 0 Å². The van der Waals surface area contributed by atoms with Gasteiger partial charge in [-0.05, 0) is 31.1 Å². The zero-order valence-electron chi connectivity index (χ0n) is 9.35. The quantitative estimate of drug-likeness (QED) is 0.569. The molecule has 0 bridgehead atoms. The Morgan fingerprint density at radius 1 is 1.75 bits per heavy atom. The molecule has 86 valence electrons. The van der Waals surface area contributed by atoms with Gasteiger partial charge in [-0.2, -0.15) is 5.10 Å². The second-order valence-electron chi connectivity index (χ2n) is 4.77. The van der Waals surface area contributed by atoms with Crippen molar-refractivity contribution in [2.24, 2.45) is 28.8 Å². The molecular weight excluding hydrogens is 204 g/mol. The number of allylic oxidation sites excluding steroid dienone is 1. The number of hydrogen-bond acceptors (Lipinski definition) is 4. The van der Waals surface area contributed by atoms with Gasteiger partial charge < -0.3 is 10.2 Å². The maximum absolute atomic E-state index is 11.6. The fourth-order valence-corrected chi connectivity index (χ4v) is 3.37. The lowest BCUT2D eigenvalue weighted by Crippen LogP contribution is -2.32. The third-order valence-electron chi connectivity index (χ3n) is 4.11. The number of nitrogens with one attached hydrogen (secondary N) is 1. The summed E-state index contributed by atoms with van der Waals surface area (Å²) in [5, 5.41) is 4.14. The van der Waals surface area contributed by atoms with E-state index in [4.69, 9.17) is 4.74 Å². The minimum Gasteiger partial charge on any atom is -0.461 e. The molecule has 3 aliphatic rings. The zero-order chi connectivity index (χ0) is 11.3. The van der Waals surface area contributed by atoms with Crippen molar-refractivity contribution in [1.29, 1.82) is 0 Å². The van der Waals surface area contributed by atoms with Gasteiger partial charge in [0.15, 0.2) is 5.71 Å². The summed E-state index contributed by atoms with van der Waals surface area (Å²) >= 11 is 0. The number of hydrogen-bond donors (Lipinski definition) is 1. The summed E-state index contributed by atoms with van der Waals surface area (Å²) < 4.78 is 5.01. The number of ether oxygens (including phenoxy) is 1. The Balaban J connectivity index is 1.70. The third kappa shape index (κ3) is 1.16. The number of hydrazone groups is 1. The molecule has 2 unspecified atom stereocenters. The molecule has 4 nitrogen and oxygen atoms in total. The van der Waals surface area contributed by atoms with E-state index in [1.807, 2.05) is 13.0 Å². The molecule has 2 aliphatic carbocycles. The summed E-state index contributed by atoms with van der Waals surface area (Å²) in [5.74, 6) is 1.99. The largest absolute Gasteiger partial charge is 0.461 e. The minimum absolute atomic E-state index is 0.251. The molecular formula is C12H16N2O2. The lowest BCUT2D eigenvalue weighted by Gasteiger charge is -2.15. The predicted octanol–water partition coefficient (Wildman–Crippen LogP) is 0.945. The van der Waals surface area contributed by atoms with E-state index >= 15 is 0 Å². The van der Waals surface area contributed by atoms with Crippen molar-refractivity contribution in [3.05, 3.63) is 12.7 Å². The first-order chi connectivity index (χ1) is 7.77. The zero-order valence-corrected chi connectivity index (χ0v) is 9.35. The van der Waals surface area contributed by atoms with Gasteiger partial charge in [0.05, 0.1) is 12.6 Å². The molecule has 5 atom stereocenters. The van der Waals surface area contributed by atoms with Crippen molar-refractivity contribution in [3.63, 3.8) is 0 Å². The van der Waals surface area contributed by atoms with Crippen LogP contribution in [0, 0.1) is 23.7 Å². The van der Waals surface area contributed by atoms with Gasteiger partial charge in [0.2, 0.25) is 0 Å². The van der Waals surface area contributed by atoms with E-state index in [0.29, 0.717) is 36.1 Å². The first-order valence-corrected chi connectivity index (χ1v) is 5.90. The molecule has 0 radical (unpaired) electrons. The van der Waals surface area contributed by atoms with Crippen LogP contribution in [0.25, 0.3) is 0 Å². The van der Waals surface area contributed by atoms with E-state index in [-0.39, 0.29) is 11.9 Å². The number of nitrogens with zero attached hydrogens (tertiary/aromatic N) is 1. The second-order valence-corrected chi connectivity index (χ2v) is 4.77. The molecule has 1 aliphatic heterocycles. The van der Waals surface area contributed by atoms with Gasteiger partial charge in [0, 0.05) is 5.92 Å². The van der Waals surface area contributed by atoms with E-state index in [0.717, 1.165) is 6.42 Å². The van der Waals surface area contributed by atoms with E-state index in [9.17, 15) is 4.79 Å². The molecule has 2 fully saturated rings. The van der Waals surface area contributed by atoms with Gasteiger partial charge in [0.1, 0.15) is 0 Å². The Morgan fingerprint density at radius 2 is 2.56 bits per heavy atom. The molecule has 1 heterocycles. The summed E-state index contributed by atoms with van der Waals surface area (Å²) in [6.07, 6.45) is 3.09. The van der Waals surface area contributed by atoms with Gasteiger partial charge in [-0.1, -0.05) is 6.08 Å². The molecule has 1 N–H and O–H groups in total. The van der Waals surface area contributed by atoms with Gasteiger partial charge in [-0.15, -0.1) is 6.58 Å². The SMILES string of the molecule is C=C[C@H]1[C@@H]2CC3C(C(=O)OCC)=NNC3[C@H]12. The van der Waals surface area contributed by atoms with Crippen molar-refractivity contribution in [2.75, 3.05) is 6.61 Å². The van der Waals surface area contributed by atoms with Crippen LogP contribution in [-0.4, -0.2) is 24.3 Å². The highest BCUT2D eigenvalue weighted by Crippen LogP contribution is 2.61. The molecule has 0 aromatic rings. The first-order valence-electron chi connectivity index (χ1n) is 5.90. The minimum atomic E-state index is -0.251. The highest BCUT2D eigenvalue weighted by Gasteiger charge is 2.63. The fraction of sp³-hybridized carbons (Fsp3) is 0.667. The maximum Gasteiger partial charge on any atom is 0.354 e. The lowest BCUT2D eigenvalue weighted by atomic mass is 9.92. The average Bonchev–Trinajstić information content (AvgIpc) is 2.64. The van der Waals surface area contributed by atoms with Crippen LogP contribution in [0.4, 0.5) is 0 Å². The Hall–Kier alpha value is -1.32. The van der Waals surface area contributed by atoms with E-state index in [1.54, 1.807) is 0 Å². The number of rotatable bonds is 3. The topological polar surface area (TPSA) is 50.7 Å². The second kappa shape index (κ2) is 3.34. The molecule has 4 heteroatoms. The van der Waals surface area contributed by atoms with Gasteiger partial charge in [0.25, 0.3) is 0 Å². The molecule has 0 amide bonds. The Morgan fingerprint density at radius 3 is 3.25 bits per heavy atom. The van der Waals surface area contributed by atoms with Crippen molar-refractivity contribution in [2.45, 2.75) is 19.4 Å². The summed E-state index contributed by atoms with van der Waals surface area (Å²) in [4.78, 5) is 11.6. The highest BCUT2D eigenvalue weighted by molar-refractivity contribution is 6.38. The van der Waals surface area contributed by atoms with Crippen LogP contribution in [-0.2, 0) is 9.53 Å². The van der Waals surface area contributed by atoms with Crippen LogP contribution in [0.1, 0.15) is 13.3 Å². The standard InChI is InChI=1S/C12H16N2O2/c1-3-6-7-5-8-10(9(6)7)13-14-11(8)12(15)16-4-2/h3,6-10,13H,1,4-5H2,2H3/t6-,7-,8?,9+,10?/m0/s1. The van der Waals surface area contributed by atoms with Gasteiger partial charge >= 0.3 is 5.97 Å². The molecule has 0 saturated heterocycles. The summed E-state index contributed by atoms with van der Waals surface area (Å²) in [7, 11) is 0. The molecule has 0 aromatic heterocycles. The van der Waals surface area contributed by atoms with Crippen LogP contribution in [0.15, 0.2) is 17.8 Å². The first kappa shape index (κ1) is 9.87. The number of fused-ring (bicyclic) bond motifs is 3. The molecule has 3 rings (SSSR count). The highest BCUT2D eigenvalue weighted by atomic mass is 16.5. The van der Waals surface area contributed by atoms with Crippen LogP contribution < -0.4 is 5.43 Å². The molecule has 2 saturated carbocycles. The van der Waals surface area contributed by atoms with Crippen LogP contribution in [0.5, 0.6) is 0 Å². The van der Waals surface area contributed by atoms with Crippen molar-refractivity contribution in [3.8, 4) is 0 Å². The summed E-state index contributed by atoms with van der Waals surface area (Å²) in [6, 6.07) is 0.340. The van der Waals surface area contributed by atoms with Crippen LogP contribution in [0.3, 0.4) is 0 Å². The Labute approximate surface area is 94.7 Å². The third-order valence-corrected chi connectivity index (χ3v) is 4.11. The fourth-order valence-electron chi connectivity index (χ4n) is 3.37. The lowest BCUT2D eigenvalue weighted by molar-refractivity contribution is -0.135. The molecule has 0 aromatic carbocycles. The number of carbonyl (C=O) groups excluding carboxylic acids is 1. The monoisotopic (exact) mass is 220 g/mol. The van der Waals surface area contributed by atoms with Crippen LogP contribution in [0.2, 0.25) is 0 Å². The summed E-state index contributed by atoms with van der Waals surface area (Å²) in [5.41, 5.74) is 3.70. The van der Waals surface area contributed by atoms with Crippen molar-refractivity contribution < 1.29 is 9.53 Å². The van der Waals surface area contributed by atoms with E-state index in [2.05, 4.69) is 17.1 Å². The molecule has 0 spiro atoms. The predicted molar refractivity (Wildman–Crippen MR) is 59.8 cm³/mol. The Bertz CT molecular complexity index is 377. The average molecular weight is 220 g/mol. The summed E-state index contributed by atoms with van der Waals surface area (Å²) in [6.45, 7) is 6.08. The van der Waals surface area contributed by atoms with E-state index in [1.165, 1.54) is 0 Å². The number of esters is 1. The van der Waals surface area contributed by atoms with Gasteiger partial charge in [-0.3, -0.25) is 0 Å². The van der Waals surface area contributed by atoms with Crippen molar-refractivity contribution >= 4 is 11.7 Å². The smallest absolute Gasteiger partial charge is 0.354 e. The van der Waals surface area contributed by atoms with Gasteiger partial charge in [-0.25, -0.2) is 4.79 Å².